The number of nitrogens with one attached hydrogen (secondary N) is 1. The SMILES string of the molecule is CCCCNC(CC(=O)O)C(=O)c1ccc(OC)cc1C. The predicted molar refractivity (Wildman–Crippen MR) is 81.0 cm³/mol. The van der Waals surface area contributed by atoms with Crippen LogP contribution in [0.2, 0.25) is 0 Å². The second kappa shape index (κ2) is 8.42. The third-order valence-electron chi connectivity index (χ3n) is 3.32. The van der Waals surface area contributed by atoms with E-state index in [1.54, 1.807) is 25.3 Å². The molecule has 5 nitrogen and oxygen atoms in total. The van der Waals surface area contributed by atoms with Crippen molar-refractivity contribution in [2.45, 2.75) is 39.2 Å². The minimum Gasteiger partial charge on any atom is -0.497 e. The first-order valence-electron chi connectivity index (χ1n) is 7.13. The summed E-state index contributed by atoms with van der Waals surface area (Å²) in [7, 11) is 1.57. The average Bonchev–Trinajstić information content (AvgIpc) is 2.45. The molecule has 0 saturated carbocycles. The van der Waals surface area contributed by atoms with E-state index in [-0.39, 0.29) is 12.2 Å². The van der Waals surface area contributed by atoms with Gasteiger partial charge in [-0.3, -0.25) is 9.59 Å². The van der Waals surface area contributed by atoms with E-state index in [1.165, 1.54) is 0 Å². The molecule has 1 aromatic carbocycles. The third-order valence-corrected chi connectivity index (χ3v) is 3.32. The summed E-state index contributed by atoms with van der Waals surface area (Å²) < 4.78 is 5.11. The molecule has 0 saturated heterocycles. The van der Waals surface area contributed by atoms with Gasteiger partial charge in [0.2, 0.25) is 0 Å². The Hall–Kier alpha value is -1.88. The first kappa shape index (κ1) is 17.2. The van der Waals surface area contributed by atoms with Gasteiger partial charge < -0.3 is 15.2 Å². The number of carboxylic acid groups (broad SMARTS) is 1. The fraction of sp³-hybridized carbons (Fsp3) is 0.500. The highest BCUT2D eigenvalue weighted by molar-refractivity contribution is 6.02. The predicted octanol–water partition coefficient (Wildman–Crippen LogP) is 2.42. The van der Waals surface area contributed by atoms with E-state index in [2.05, 4.69) is 5.32 Å². The molecule has 0 aliphatic carbocycles. The van der Waals surface area contributed by atoms with Crippen LogP contribution in [0.15, 0.2) is 18.2 Å². The van der Waals surface area contributed by atoms with E-state index in [9.17, 15) is 9.59 Å². The van der Waals surface area contributed by atoms with Gasteiger partial charge in [0.1, 0.15) is 5.75 Å². The monoisotopic (exact) mass is 293 g/mol. The van der Waals surface area contributed by atoms with Gasteiger partial charge in [0.25, 0.3) is 0 Å². The lowest BCUT2D eigenvalue weighted by atomic mass is 9.97. The quantitative estimate of drug-likeness (QED) is 0.540. The van der Waals surface area contributed by atoms with Crippen molar-refractivity contribution in [3.05, 3.63) is 29.3 Å². The first-order valence-corrected chi connectivity index (χ1v) is 7.13. The number of benzene rings is 1. The van der Waals surface area contributed by atoms with Crippen LogP contribution in [-0.4, -0.2) is 36.6 Å². The summed E-state index contributed by atoms with van der Waals surface area (Å²) >= 11 is 0. The standard InChI is InChI=1S/C16H23NO4/c1-4-5-8-17-14(10-15(18)19)16(20)13-7-6-12(21-3)9-11(13)2/h6-7,9,14,17H,4-5,8,10H2,1-3H3,(H,18,19). The second-order valence-electron chi connectivity index (χ2n) is 5.00. The zero-order valence-corrected chi connectivity index (χ0v) is 12.8. The molecule has 116 valence electrons. The molecule has 5 heteroatoms. The van der Waals surface area contributed by atoms with Crippen molar-refractivity contribution in [3.8, 4) is 5.75 Å². The molecule has 0 aliphatic heterocycles. The number of hydrogen-bond donors (Lipinski definition) is 2. The molecule has 0 aliphatic rings. The highest BCUT2D eigenvalue weighted by Crippen LogP contribution is 2.19. The number of methoxy groups -OCH3 is 1. The molecule has 0 radical (unpaired) electrons. The fourth-order valence-corrected chi connectivity index (χ4v) is 2.11. The van der Waals surface area contributed by atoms with E-state index in [1.807, 2.05) is 13.8 Å². The summed E-state index contributed by atoms with van der Waals surface area (Å²) in [6, 6.07) is 4.48. The van der Waals surface area contributed by atoms with Crippen molar-refractivity contribution in [2.24, 2.45) is 0 Å². The number of hydrogen-bond acceptors (Lipinski definition) is 4. The fourth-order valence-electron chi connectivity index (χ4n) is 2.11. The number of aliphatic carboxylic acids is 1. The van der Waals surface area contributed by atoms with E-state index >= 15 is 0 Å². The molecule has 0 amide bonds. The average molecular weight is 293 g/mol. The summed E-state index contributed by atoms with van der Waals surface area (Å²) in [6.45, 7) is 4.50. The van der Waals surface area contributed by atoms with Crippen LogP contribution in [0.1, 0.15) is 42.1 Å². The van der Waals surface area contributed by atoms with Gasteiger partial charge >= 0.3 is 5.97 Å². The van der Waals surface area contributed by atoms with E-state index in [4.69, 9.17) is 9.84 Å². The van der Waals surface area contributed by atoms with Crippen LogP contribution in [0.3, 0.4) is 0 Å². The van der Waals surface area contributed by atoms with Crippen molar-refractivity contribution in [3.63, 3.8) is 0 Å². The van der Waals surface area contributed by atoms with E-state index < -0.39 is 12.0 Å². The summed E-state index contributed by atoms with van der Waals surface area (Å²) in [6.07, 6.45) is 1.68. The number of unbranched alkanes of at least 4 members (excludes halogenated alkanes) is 1. The molecule has 1 aromatic rings. The van der Waals surface area contributed by atoms with E-state index in [0.29, 0.717) is 17.9 Å². The molecular weight excluding hydrogens is 270 g/mol. The Morgan fingerprint density at radius 1 is 1.38 bits per heavy atom. The maximum Gasteiger partial charge on any atom is 0.305 e. The van der Waals surface area contributed by atoms with Gasteiger partial charge in [-0.1, -0.05) is 13.3 Å². The summed E-state index contributed by atoms with van der Waals surface area (Å²) in [5.74, 6) is -0.491. The Balaban J connectivity index is 2.90. The number of Topliss-reactive ketones (excluding diaryl/α,β-unsaturated/α-hetero) is 1. The normalized spacial score (nSPS) is 12.0. The molecule has 0 heterocycles. The van der Waals surface area contributed by atoms with Gasteiger partial charge in [0, 0.05) is 5.56 Å². The van der Waals surface area contributed by atoms with Gasteiger partial charge in [0.15, 0.2) is 5.78 Å². The van der Waals surface area contributed by atoms with Crippen molar-refractivity contribution in [1.82, 2.24) is 5.32 Å². The first-order chi connectivity index (χ1) is 9.99. The lowest BCUT2D eigenvalue weighted by Crippen LogP contribution is -2.39. The molecule has 2 N–H and O–H groups in total. The molecule has 0 bridgehead atoms. The summed E-state index contributed by atoms with van der Waals surface area (Å²) in [4.78, 5) is 23.5. The van der Waals surface area contributed by atoms with Crippen molar-refractivity contribution >= 4 is 11.8 Å². The topological polar surface area (TPSA) is 75.6 Å². The molecule has 0 aromatic heterocycles. The zero-order chi connectivity index (χ0) is 15.8. The number of rotatable bonds is 9. The summed E-state index contributed by atoms with van der Waals surface area (Å²) in [5, 5.41) is 12.0. The molecule has 1 rings (SSSR count). The van der Waals surface area contributed by atoms with Crippen LogP contribution in [0.4, 0.5) is 0 Å². The molecular formula is C16H23NO4. The minimum absolute atomic E-state index is 0.186. The van der Waals surface area contributed by atoms with Gasteiger partial charge in [0.05, 0.1) is 19.6 Å². The van der Waals surface area contributed by atoms with Gasteiger partial charge in [-0.2, -0.15) is 0 Å². The van der Waals surface area contributed by atoms with E-state index in [0.717, 1.165) is 18.4 Å². The van der Waals surface area contributed by atoms with Crippen molar-refractivity contribution in [2.75, 3.05) is 13.7 Å². The van der Waals surface area contributed by atoms with Gasteiger partial charge in [-0.05, 0) is 43.7 Å². The Bertz CT molecular complexity index is 499. The van der Waals surface area contributed by atoms with Crippen LogP contribution in [0, 0.1) is 6.92 Å². The van der Waals surface area contributed by atoms with Crippen LogP contribution in [-0.2, 0) is 4.79 Å². The minimum atomic E-state index is -0.983. The smallest absolute Gasteiger partial charge is 0.305 e. The highest BCUT2D eigenvalue weighted by atomic mass is 16.5. The second-order valence-corrected chi connectivity index (χ2v) is 5.00. The van der Waals surface area contributed by atoms with Gasteiger partial charge in [-0.15, -0.1) is 0 Å². The number of ether oxygens (including phenoxy) is 1. The summed E-state index contributed by atoms with van der Waals surface area (Å²) in [5.41, 5.74) is 1.32. The lowest BCUT2D eigenvalue weighted by molar-refractivity contribution is -0.137. The van der Waals surface area contributed by atoms with Gasteiger partial charge in [-0.25, -0.2) is 0 Å². The van der Waals surface area contributed by atoms with Crippen LogP contribution < -0.4 is 10.1 Å². The zero-order valence-electron chi connectivity index (χ0n) is 12.8. The Morgan fingerprint density at radius 2 is 2.10 bits per heavy atom. The molecule has 0 fully saturated rings. The number of ketones is 1. The Kier molecular flexibility index (Phi) is 6.88. The molecule has 1 unspecified atom stereocenters. The lowest BCUT2D eigenvalue weighted by Gasteiger charge is -2.17. The molecule has 21 heavy (non-hydrogen) atoms. The molecule has 1 atom stereocenters. The highest BCUT2D eigenvalue weighted by Gasteiger charge is 2.23. The van der Waals surface area contributed by atoms with Crippen LogP contribution >= 0.6 is 0 Å². The molecule has 0 spiro atoms. The Morgan fingerprint density at radius 3 is 2.62 bits per heavy atom. The Labute approximate surface area is 125 Å². The maximum atomic E-state index is 12.5. The largest absolute Gasteiger partial charge is 0.497 e. The number of carboxylic acids is 1. The van der Waals surface area contributed by atoms with Crippen LogP contribution in [0.5, 0.6) is 5.75 Å². The number of carbonyl (C=O) groups excluding carboxylic acids is 1. The van der Waals surface area contributed by atoms with Crippen molar-refractivity contribution in [1.29, 1.82) is 0 Å². The van der Waals surface area contributed by atoms with Crippen molar-refractivity contribution < 1.29 is 19.4 Å². The number of aryl methyl sites for hydroxylation is 1. The number of carbonyl (C=O) groups is 2. The third kappa shape index (κ3) is 5.19. The van der Waals surface area contributed by atoms with Crippen LogP contribution in [0.25, 0.3) is 0 Å². The maximum absolute atomic E-state index is 12.5.